The first-order valence-corrected chi connectivity index (χ1v) is 16.4. The number of carbonyl (C=O) groups excluding carboxylic acids is 2. The van der Waals surface area contributed by atoms with Gasteiger partial charge in [0.2, 0.25) is 22.3 Å². The molecule has 232 valence electrons. The van der Waals surface area contributed by atoms with E-state index in [2.05, 4.69) is 15.5 Å². The lowest BCUT2D eigenvalue weighted by atomic mass is 10.00. The molecule has 0 bridgehead atoms. The molecule has 4 heterocycles. The third-order valence-corrected chi connectivity index (χ3v) is 10.8. The number of aromatic nitrogens is 1. The Balaban J connectivity index is 0.000000868. The van der Waals surface area contributed by atoms with Crippen molar-refractivity contribution in [2.75, 3.05) is 39.8 Å². The molecule has 2 saturated heterocycles. The number of hydroxylamine groups is 1. The molecule has 12 heteroatoms. The van der Waals surface area contributed by atoms with Gasteiger partial charge in [-0.2, -0.15) is 4.31 Å². The minimum atomic E-state index is -3.69. The lowest BCUT2D eigenvalue weighted by Crippen LogP contribution is -2.48. The van der Waals surface area contributed by atoms with E-state index in [0.717, 1.165) is 48.1 Å². The molecule has 11 nitrogen and oxygen atoms in total. The molecule has 3 aromatic rings. The van der Waals surface area contributed by atoms with Crippen LogP contribution in [0.25, 0.3) is 10.9 Å². The lowest BCUT2D eigenvalue weighted by Gasteiger charge is -2.40. The summed E-state index contributed by atoms with van der Waals surface area (Å²) >= 11 is 0. The van der Waals surface area contributed by atoms with Crippen LogP contribution in [0.4, 0.5) is 0 Å². The molecule has 0 aliphatic carbocycles. The first-order valence-electron chi connectivity index (χ1n) is 15.0. The number of sulfonamides is 1. The standard InChI is InChI=1S/C30H38N4O4S.CH3NO2/c1-38-24-9-11-25(12-10-24)39(36,37)33-20-15-27-26-7-3-4-8-28(26)34(29(27)21-33)22-30(35)32-18-13-23(14-19-32)31-16-5-2-6-17-31;3-1-2-4/h3-4,7-12,23H,2,5-6,13-22H2,1H3;1,4H,(H,2,3). The number of amides is 2. The fraction of sp³-hybridized carbons (Fsp3) is 0.484. The van der Waals surface area contributed by atoms with Crippen LogP contribution in [0.2, 0.25) is 0 Å². The maximum Gasteiger partial charge on any atom is 0.243 e. The fourth-order valence-corrected chi connectivity index (χ4v) is 8.05. The summed E-state index contributed by atoms with van der Waals surface area (Å²) in [7, 11) is -2.12. The Morgan fingerprint density at radius 2 is 1.67 bits per heavy atom. The van der Waals surface area contributed by atoms with E-state index in [0.29, 0.717) is 24.8 Å². The van der Waals surface area contributed by atoms with Crippen molar-refractivity contribution in [2.45, 2.75) is 62.6 Å². The molecule has 3 aliphatic rings. The summed E-state index contributed by atoms with van der Waals surface area (Å²) in [6.45, 7) is 4.86. The van der Waals surface area contributed by atoms with Crippen LogP contribution in [0.1, 0.15) is 43.4 Å². The van der Waals surface area contributed by atoms with Crippen molar-refractivity contribution in [2.24, 2.45) is 0 Å². The van der Waals surface area contributed by atoms with Gasteiger partial charge in [-0.05, 0) is 81.1 Å². The van der Waals surface area contributed by atoms with E-state index < -0.39 is 10.0 Å². The molecule has 0 unspecified atom stereocenters. The number of methoxy groups -OCH3 is 1. The molecule has 2 amide bonds. The molecular formula is C31H41N5O6S. The second kappa shape index (κ2) is 13.9. The number of hydrogen-bond donors (Lipinski definition) is 2. The van der Waals surface area contributed by atoms with Gasteiger partial charge in [0.25, 0.3) is 0 Å². The van der Waals surface area contributed by atoms with Crippen molar-refractivity contribution in [3.8, 4) is 5.75 Å². The Bertz CT molecular complexity index is 1510. The van der Waals surface area contributed by atoms with Gasteiger partial charge in [0.05, 0.1) is 18.6 Å². The molecule has 43 heavy (non-hydrogen) atoms. The van der Waals surface area contributed by atoms with Gasteiger partial charge in [0.15, 0.2) is 0 Å². The molecule has 0 atom stereocenters. The van der Waals surface area contributed by atoms with E-state index in [9.17, 15) is 13.2 Å². The monoisotopic (exact) mass is 611 g/mol. The van der Waals surface area contributed by atoms with Crippen molar-refractivity contribution in [1.29, 1.82) is 0 Å². The number of ether oxygens (including phenoxy) is 1. The molecular weight excluding hydrogens is 570 g/mol. The molecule has 6 rings (SSSR count). The number of likely N-dealkylation sites (tertiary alicyclic amines) is 2. The highest BCUT2D eigenvalue weighted by molar-refractivity contribution is 7.89. The number of rotatable bonds is 7. The van der Waals surface area contributed by atoms with Gasteiger partial charge in [-0.25, -0.2) is 13.9 Å². The smallest absolute Gasteiger partial charge is 0.243 e. The lowest BCUT2D eigenvalue weighted by molar-refractivity contribution is -0.133. The van der Waals surface area contributed by atoms with Crippen LogP contribution in [0, 0.1) is 0 Å². The summed E-state index contributed by atoms with van der Waals surface area (Å²) in [6.07, 6.45) is 6.77. The average molecular weight is 612 g/mol. The molecule has 0 saturated carbocycles. The van der Waals surface area contributed by atoms with Gasteiger partial charge in [-0.1, -0.05) is 24.6 Å². The maximum atomic E-state index is 13.6. The number of hydrogen-bond acceptors (Lipinski definition) is 7. The van der Waals surface area contributed by atoms with Crippen LogP contribution in [0.15, 0.2) is 53.4 Å². The van der Waals surface area contributed by atoms with E-state index >= 15 is 0 Å². The number of benzene rings is 2. The molecule has 1 aromatic heterocycles. The highest BCUT2D eigenvalue weighted by Gasteiger charge is 2.33. The summed E-state index contributed by atoms with van der Waals surface area (Å²) in [5, 5.41) is 8.37. The maximum absolute atomic E-state index is 13.6. The third kappa shape index (κ3) is 6.72. The largest absolute Gasteiger partial charge is 0.497 e. The molecule has 2 N–H and O–H groups in total. The normalized spacial score (nSPS) is 18.4. The summed E-state index contributed by atoms with van der Waals surface area (Å²) in [5.74, 6) is 0.735. The minimum absolute atomic E-state index is 0.116. The van der Waals surface area contributed by atoms with E-state index in [-0.39, 0.29) is 30.3 Å². The molecule has 2 aromatic carbocycles. The summed E-state index contributed by atoms with van der Waals surface area (Å²) in [5.41, 5.74) is 4.34. The third-order valence-electron chi connectivity index (χ3n) is 8.90. The Labute approximate surface area is 253 Å². The van der Waals surface area contributed by atoms with E-state index in [1.54, 1.807) is 35.7 Å². The topological polar surface area (TPSA) is 124 Å². The Hall–Kier alpha value is -3.45. The van der Waals surface area contributed by atoms with Gasteiger partial charge in [0.1, 0.15) is 12.3 Å². The molecule has 3 aliphatic heterocycles. The number of nitrogens with one attached hydrogen (secondary N) is 1. The van der Waals surface area contributed by atoms with Crippen LogP contribution in [0.5, 0.6) is 5.75 Å². The Kier molecular flexibility index (Phi) is 10.0. The zero-order chi connectivity index (χ0) is 30.4. The van der Waals surface area contributed by atoms with Gasteiger partial charge >= 0.3 is 0 Å². The number of fused-ring (bicyclic) bond motifs is 3. The van der Waals surface area contributed by atoms with Crippen LogP contribution in [0.3, 0.4) is 0 Å². The van der Waals surface area contributed by atoms with Crippen LogP contribution >= 0.6 is 0 Å². The Morgan fingerprint density at radius 3 is 2.33 bits per heavy atom. The molecule has 2 fully saturated rings. The summed E-state index contributed by atoms with van der Waals surface area (Å²) < 4.78 is 35.9. The number of carbonyl (C=O) groups is 2. The van der Waals surface area contributed by atoms with Crippen LogP contribution < -0.4 is 10.2 Å². The molecule has 0 radical (unpaired) electrons. The SMILES string of the molecule is COc1ccc(S(=O)(=O)N2CCc3c(n(CC(=O)N4CCC(N5CCCCC5)CC4)c4ccccc34)C2)cc1.O=CNO. The Morgan fingerprint density at radius 1 is 1.00 bits per heavy atom. The van der Waals surface area contributed by atoms with E-state index in [4.69, 9.17) is 14.7 Å². The van der Waals surface area contributed by atoms with Crippen molar-refractivity contribution in [3.05, 3.63) is 59.8 Å². The number of para-hydroxylation sites is 1. The first kappa shape index (κ1) is 31.0. The second-order valence-corrected chi connectivity index (χ2v) is 13.2. The van der Waals surface area contributed by atoms with Crippen molar-refractivity contribution in [1.82, 2.24) is 24.2 Å². The average Bonchev–Trinajstić information content (AvgIpc) is 3.38. The predicted octanol–water partition coefficient (Wildman–Crippen LogP) is 3.00. The van der Waals surface area contributed by atoms with Crippen LogP contribution in [-0.2, 0) is 39.1 Å². The van der Waals surface area contributed by atoms with Gasteiger partial charge < -0.3 is 19.1 Å². The quantitative estimate of drug-likeness (QED) is 0.239. The molecule has 0 spiro atoms. The van der Waals surface area contributed by atoms with Crippen molar-refractivity contribution >= 4 is 33.2 Å². The van der Waals surface area contributed by atoms with Gasteiger partial charge in [-0.3, -0.25) is 14.8 Å². The van der Waals surface area contributed by atoms with E-state index in [1.165, 1.54) is 37.8 Å². The summed E-state index contributed by atoms with van der Waals surface area (Å²) in [6, 6.07) is 15.3. The fourth-order valence-electron chi connectivity index (χ4n) is 6.65. The van der Waals surface area contributed by atoms with E-state index in [1.807, 2.05) is 23.1 Å². The van der Waals surface area contributed by atoms with Crippen molar-refractivity contribution in [3.63, 3.8) is 0 Å². The number of nitrogens with zero attached hydrogens (tertiary/aromatic N) is 4. The van der Waals surface area contributed by atoms with Crippen molar-refractivity contribution < 1.29 is 28.0 Å². The van der Waals surface area contributed by atoms with Crippen LogP contribution in [-0.4, -0.2) is 90.5 Å². The van der Waals surface area contributed by atoms with Gasteiger partial charge in [-0.15, -0.1) is 0 Å². The van der Waals surface area contributed by atoms with Gasteiger partial charge in [0, 0.05) is 42.3 Å². The predicted molar refractivity (Wildman–Crippen MR) is 162 cm³/mol. The zero-order valence-corrected chi connectivity index (χ0v) is 25.5. The minimum Gasteiger partial charge on any atom is -0.497 e. The second-order valence-electron chi connectivity index (χ2n) is 11.2. The zero-order valence-electron chi connectivity index (χ0n) is 24.7. The highest BCUT2D eigenvalue weighted by atomic mass is 32.2. The first-order chi connectivity index (χ1) is 20.9. The number of piperidine rings is 2. The highest BCUT2D eigenvalue weighted by Crippen LogP contribution is 2.33. The summed E-state index contributed by atoms with van der Waals surface area (Å²) in [4.78, 5) is 27.3.